The Morgan fingerprint density at radius 3 is 1.70 bits per heavy atom. The van der Waals surface area contributed by atoms with Crippen molar-refractivity contribution in [2.24, 2.45) is 0 Å². The van der Waals surface area contributed by atoms with Crippen molar-refractivity contribution in [3.63, 3.8) is 0 Å². The van der Waals surface area contributed by atoms with Gasteiger partial charge in [0.1, 0.15) is 0 Å². The van der Waals surface area contributed by atoms with Gasteiger partial charge in [-0.05, 0) is 24.6 Å². The van der Waals surface area contributed by atoms with E-state index in [0.29, 0.717) is 0 Å². The molecule has 3 heteroatoms. The zero-order valence-corrected chi connectivity index (χ0v) is 14.5. The Morgan fingerprint density at radius 2 is 1.22 bits per heavy atom. The van der Waals surface area contributed by atoms with Gasteiger partial charge in [-0.15, -0.1) is 0 Å². The van der Waals surface area contributed by atoms with Crippen LogP contribution in [0.25, 0.3) is 0 Å². The van der Waals surface area contributed by atoms with Crippen LogP contribution in [0.1, 0.15) is 18.6 Å². The van der Waals surface area contributed by atoms with Crippen molar-refractivity contribution in [2.45, 2.75) is 13.0 Å². The Kier molecular flexibility index (Phi) is 5.46. The quantitative estimate of drug-likeness (QED) is 0.560. The fourth-order valence-electron chi connectivity index (χ4n) is 2.35. The third-order valence-corrected chi connectivity index (χ3v) is 5.90. The van der Waals surface area contributed by atoms with E-state index >= 15 is 0 Å². The first-order valence-electron chi connectivity index (χ1n) is 7.56. The van der Waals surface area contributed by atoms with Gasteiger partial charge < -0.3 is 4.52 Å². The highest BCUT2D eigenvalue weighted by Gasteiger charge is 2.19. The normalized spacial score (nSPS) is 12.3. The van der Waals surface area contributed by atoms with Gasteiger partial charge in [-0.3, -0.25) is 0 Å². The van der Waals surface area contributed by atoms with Gasteiger partial charge in [0.15, 0.2) is 0 Å². The maximum absolute atomic E-state index is 6.47. The van der Waals surface area contributed by atoms with Gasteiger partial charge >= 0.3 is 0 Å². The summed E-state index contributed by atoms with van der Waals surface area (Å²) in [5.74, 6) is 0. The molecule has 0 aliphatic rings. The molecule has 0 fully saturated rings. The minimum absolute atomic E-state index is 0.00112. The second kappa shape index (κ2) is 7.75. The molecule has 0 heterocycles. The standard InChI is InChI=1S/C20H18ClOP/c1-16(17-12-14-18(21)15-13-17)22-23(19-8-4-2-5-9-19)20-10-6-3-7-11-20/h2-16H,1H3/t16-/m0/s1. The van der Waals surface area contributed by atoms with Crippen molar-refractivity contribution in [1.29, 1.82) is 0 Å². The summed E-state index contributed by atoms with van der Waals surface area (Å²) in [6.45, 7) is 2.09. The van der Waals surface area contributed by atoms with Crippen LogP contribution in [0.4, 0.5) is 0 Å². The molecular weight excluding hydrogens is 323 g/mol. The van der Waals surface area contributed by atoms with Crippen LogP contribution in [0.15, 0.2) is 84.9 Å². The smallest absolute Gasteiger partial charge is 0.0926 e. The molecule has 0 radical (unpaired) electrons. The molecule has 1 nitrogen and oxygen atoms in total. The summed E-state index contributed by atoms with van der Waals surface area (Å²) in [4.78, 5) is 0. The first-order valence-corrected chi connectivity index (χ1v) is 9.20. The minimum Gasteiger partial charge on any atom is -0.342 e. The molecule has 0 saturated carbocycles. The first-order chi connectivity index (χ1) is 11.2. The average Bonchev–Trinajstić information content (AvgIpc) is 2.61. The van der Waals surface area contributed by atoms with E-state index < -0.39 is 8.15 Å². The van der Waals surface area contributed by atoms with Crippen molar-refractivity contribution >= 4 is 30.4 Å². The Labute approximate surface area is 143 Å². The number of rotatable bonds is 5. The summed E-state index contributed by atoms with van der Waals surface area (Å²) < 4.78 is 6.47. The zero-order chi connectivity index (χ0) is 16.1. The molecule has 0 aliphatic carbocycles. The Balaban J connectivity index is 1.88. The van der Waals surface area contributed by atoms with Gasteiger partial charge in [0.05, 0.1) is 14.3 Å². The molecule has 0 aliphatic heterocycles. The van der Waals surface area contributed by atoms with E-state index in [9.17, 15) is 0 Å². The van der Waals surface area contributed by atoms with Crippen LogP contribution in [0.2, 0.25) is 5.02 Å². The monoisotopic (exact) mass is 340 g/mol. The van der Waals surface area contributed by atoms with Crippen molar-refractivity contribution in [1.82, 2.24) is 0 Å². The molecular formula is C20H18ClOP. The summed E-state index contributed by atoms with van der Waals surface area (Å²) in [6, 6.07) is 28.7. The van der Waals surface area contributed by atoms with Crippen molar-refractivity contribution in [3.05, 3.63) is 95.5 Å². The highest BCUT2D eigenvalue weighted by atomic mass is 35.5. The summed E-state index contributed by atoms with van der Waals surface area (Å²) in [5.41, 5.74) is 1.13. The second-order valence-electron chi connectivity index (χ2n) is 5.26. The lowest BCUT2D eigenvalue weighted by Crippen LogP contribution is -2.15. The van der Waals surface area contributed by atoms with Crippen LogP contribution < -0.4 is 10.6 Å². The van der Waals surface area contributed by atoms with Crippen molar-refractivity contribution in [3.8, 4) is 0 Å². The minimum atomic E-state index is -0.855. The summed E-state index contributed by atoms with van der Waals surface area (Å²) >= 11 is 5.98. The third-order valence-electron chi connectivity index (χ3n) is 3.58. The van der Waals surface area contributed by atoms with E-state index in [1.165, 1.54) is 10.6 Å². The maximum Gasteiger partial charge on any atom is 0.0926 e. The molecule has 0 aromatic heterocycles. The molecule has 3 aromatic carbocycles. The molecule has 0 saturated heterocycles. The fourth-order valence-corrected chi connectivity index (χ4v) is 4.34. The predicted octanol–water partition coefficient (Wildman–Crippen LogP) is 5.47. The van der Waals surface area contributed by atoms with Gasteiger partial charge in [0.2, 0.25) is 0 Å². The third kappa shape index (κ3) is 4.20. The van der Waals surface area contributed by atoms with Crippen molar-refractivity contribution < 1.29 is 4.52 Å². The van der Waals surface area contributed by atoms with Crippen LogP contribution in [0.5, 0.6) is 0 Å². The van der Waals surface area contributed by atoms with E-state index in [4.69, 9.17) is 16.1 Å². The largest absolute Gasteiger partial charge is 0.342 e. The average molecular weight is 341 g/mol. The maximum atomic E-state index is 6.47. The van der Waals surface area contributed by atoms with Gasteiger partial charge in [0.25, 0.3) is 0 Å². The van der Waals surface area contributed by atoms with Gasteiger partial charge in [0, 0.05) is 15.6 Å². The Hall–Kier alpha value is -1.66. The number of hydrogen-bond acceptors (Lipinski definition) is 1. The lowest BCUT2D eigenvalue weighted by molar-refractivity contribution is 0.261. The molecule has 0 amide bonds. The highest BCUT2D eigenvalue weighted by Crippen LogP contribution is 2.40. The number of halogens is 1. The summed E-state index contributed by atoms with van der Waals surface area (Å²) in [6.07, 6.45) is -0.00112. The molecule has 0 N–H and O–H groups in total. The SMILES string of the molecule is C[C@H](OP(c1ccccc1)c1ccccc1)c1ccc(Cl)cc1. The first kappa shape index (κ1) is 16.2. The van der Waals surface area contributed by atoms with Crippen LogP contribution in [-0.2, 0) is 4.52 Å². The molecule has 0 spiro atoms. The Morgan fingerprint density at radius 1 is 0.739 bits per heavy atom. The van der Waals surface area contributed by atoms with Crippen LogP contribution in [0, 0.1) is 0 Å². The molecule has 23 heavy (non-hydrogen) atoms. The van der Waals surface area contributed by atoms with E-state index in [0.717, 1.165) is 10.6 Å². The van der Waals surface area contributed by atoms with E-state index in [1.807, 2.05) is 36.4 Å². The van der Waals surface area contributed by atoms with Crippen molar-refractivity contribution in [2.75, 3.05) is 0 Å². The fraction of sp³-hybridized carbons (Fsp3) is 0.100. The molecule has 0 bridgehead atoms. The molecule has 116 valence electrons. The predicted molar refractivity (Wildman–Crippen MR) is 100 cm³/mol. The summed E-state index contributed by atoms with van der Waals surface area (Å²) in [7, 11) is -0.855. The van der Waals surface area contributed by atoms with Gasteiger partial charge in [-0.25, -0.2) is 0 Å². The molecule has 3 aromatic rings. The van der Waals surface area contributed by atoms with E-state index in [1.54, 1.807) is 0 Å². The topological polar surface area (TPSA) is 9.23 Å². The zero-order valence-electron chi connectivity index (χ0n) is 12.9. The van der Waals surface area contributed by atoms with Crippen LogP contribution in [0.3, 0.4) is 0 Å². The summed E-state index contributed by atoms with van der Waals surface area (Å²) in [5, 5.41) is 3.18. The van der Waals surface area contributed by atoms with E-state index in [2.05, 4.69) is 55.5 Å². The van der Waals surface area contributed by atoms with Gasteiger partial charge in [-0.2, -0.15) is 0 Å². The Bertz CT molecular complexity index is 689. The lowest BCUT2D eigenvalue weighted by atomic mass is 10.1. The highest BCUT2D eigenvalue weighted by molar-refractivity contribution is 7.68. The second-order valence-corrected chi connectivity index (χ2v) is 7.53. The number of hydrogen-bond donors (Lipinski definition) is 0. The molecule has 0 unspecified atom stereocenters. The molecule has 3 rings (SSSR count). The lowest BCUT2D eigenvalue weighted by Gasteiger charge is -2.23. The number of benzene rings is 3. The van der Waals surface area contributed by atoms with Crippen LogP contribution in [-0.4, -0.2) is 0 Å². The van der Waals surface area contributed by atoms with Crippen LogP contribution >= 0.6 is 19.7 Å². The van der Waals surface area contributed by atoms with Gasteiger partial charge in [-0.1, -0.05) is 84.4 Å². The molecule has 1 atom stereocenters. The van der Waals surface area contributed by atoms with E-state index in [-0.39, 0.29) is 6.10 Å².